The van der Waals surface area contributed by atoms with Crippen LogP contribution in [0.1, 0.15) is 0 Å². The van der Waals surface area contributed by atoms with E-state index < -0.39 is 0 Å². The van der Waals surface area contributed by atoms with Crippen molar-refractivity contribution in [2.45, 2.75) is 0 Å². The van der Waals surface area contributed by atoms with E-state index in [1.165, 1.54) is 12.4 Å². The zero-order chi connectivity index (χ0) is 11.4. The topological polar surface area (TPSA) is 70.3 Å². The van der Waals surface area contributed by atoms with Crippen molar-refractivity contribution in [3.05, 3.63) is 36.7 Å². The molecule has 0 aliphatic rings. The van der Waals surface area contributed by atoms with Gasteiger partial charge in [-0.25, -0.2) is 0 Å². The minimum atomic E-state index is 0.320. The van der Waals surface area contributed by atoms with Crippen LogP contribution in [-0.4, -0.2) is 17.1 Å². The fraction of sp³-hybridized carbons (Fsp3) is 0.0909. The Bertz CT molecular complexity index is 488. The van der Waals surface area contributed by atoms with E-state index in [0.717, 1.165) is 5.75 Å². The summed E-state index contributed by atoms with van der Waals surface area (Å²) in [4.78, 5) is 7.86. The van der Waals surface area contributed by atoms with Gasteiger partial charge in [0.15, 0.2) is 0 Å². The van der Waals surface area contributed by atoms with Gasteiger partial charge in [-0.2, -0.15) is 4.98 Å². The second kappa shape index (κ2) is 4.48. The molecule has 0 saturated carbocycles. The quantitative estimate of drug-likeness (QED) is 0.849. The molecule has 0 fully saturated rings. The molecule has 2 rings (SSSR count). The van der Waals surface area contributed by atoms with E-state index in [9.17, 15) is 0 Å². The van der Waals surface area contributed by atoms with Gasteiger partial charge in [-0.1, -0.05) is 6.07 Å². The van der Waals surface area contributed by atoms with Gasteiger partial charge >= 0.3 is 0 Å². The standard InChI is InChI=1S/C11H11N3O2/c1-15-8-3-2-4-9(5-8)16-11-7-13-6-10(12)14-11/h2-7H,1H3,(H2,12,14). The van der Waals surface area contributed by atoms with Gasteiger partial charge in [-0.05, 0) is 12.1 Å². The Morgan fingerprint density at radius 2 is 2.00 bits per heavy atom. The fourth-order valence-electron chi connectivity index (χ4n) is 1.20. The summed E-state index contributed by atoms with van der Waals surface area (Å²) in [6, 6.07) is 7.21. The summed E-state index contributed by atoms with van der Waals surface area (Å²) in [5, 5.41) is 0. The number of rotatable bonds is 3. The molecule has 0 unspecified atom stereocenters. The molecule has 0 atom stereocenters. The van der Waals surface area contributed by atoms with Gasteiger partial charge in [0, 0.05) is 6.07 Å². The minimum absolute atomic E-state index is 0.320. The van der Waals surface area contributed by atoms with E-state index in [4.69, 9.17) is 15.2 Å². The molecule has 2 aromatic rings. The maximum Gasteiger partial charge on any atom is 0.239 e. The van der Waals surface area contributed by atoms with E-state index in [0.29, 0.717) is 17.4 Å². The molecule has 1 aromatic heterocycles. The number of nitrogens with zero attached hydrogens (tertiary/aromatic N) is 2. The maximum absolute atomic E-state index is 5.49. The van der Waals surface area contributed by atoms with Gasteiger partial charge in [0.1, 0.15) is 17.3 Å². The lowest BCUT2D eigenvalue weighted by Gasteiger charge is -2.06. The van der Waals surface area contributed by atoms with Crippen molar-refractivity contribution < 1.29 is 9.47 Å². The van der Waals surface area contributed by atoms with Crippen LogP contribution in [0.15, 0.2) is 36.7 Å². The van der Waals surface area contributed by atoms with Crippen LogP contribution in [0.3, 0.4) is 0 Å². The molecule has 0 aliphatic heterocycles. The summed E-state index contributed by atoms with van der Waals surface area (Å²) in [5.41, 5.74) is 5.49. The summed E-state index contributed by atoms with van der Waals surface area (Å²) in [5.74, 6) is 2.02. The van der Waals surface area contributed by atoms with E-state index in [1.54, 1.807) is 19.2 Å². The van der Waals surface area contributed by atoms with Crippen molar-refractivity contribution in [2.75, 3.05) is 12.8 Å². The van der Waals surface area contributed by atoms with Crippen LogP contribution in [-0.2, 0) is 0 Å². The summed E-state index contributed by atoms with van der Waals surface area (Å²) in [7, 11) is 1.60. The third kappa shape index (κ3) is 2.38. The highest BCUT2D eigenvalue weighted by Gasteiger charge is 2.00. The average molecular weight is 217 g/mol. The molecule has 0 bridgehead atoms. The van der Waals surface area contributed by atoms with E-state index >= 15 is 0 Å². The minimum Gasteiger partial charge on any atom is -0.497 e. The van der Waals surface area contributed by atoms with Crippen molar-refractivity contribution >= 4 is 5.82 Å². The molecule has 0 saturated heterocycles. The highest BCUT2D eigenvalue weighted by Crippen LogP contribution is 2.23. The number of ether oxygens (including phenoxy) is 2. The van der Waals surface area contributed by atoms with Crippen LogP contribution in [0.4, 0.5) is 5.82 Å². The molecule has 5 nitrogen and oxygen atoms in total. The Kier molecular flexibility index (Phi) is 2.86. The fourth-order valence-corrected chi connectivity index (χ4v) is 1.20. The molecule has 1 heterocycles. The Morgan fingerprint density at radius 3 is 2.75 bits per heavy atom. The zero-order valence-electron chi connectivity index (χ0n) is 8.75. The van der Waals surface area contributed by atoms with Crippen LogP contribution >= 0.6 is 0 Å². The second-order valence-corrected chi connectivity index (χ2v) is 3.06. The molecule has 1 aromatic carbocycles. The van der Waals surface area contributed by atoms with Crippen LogP contribution in [0.5, 0.6) is 17.4 Å². The number of benzene rings is 1. The Hall–Kier alpha value is -2.30. The van der Waals surface area contributed by atoms with Gasteiger partial charge in [-0.15, -0.1) is 0 Å². The lowest BCUT2D eigenvalue weighted by atomic mass is 10.3. The molecular formula is C11H11N3O2. The Morgan fingerprint density at radius 1 is 1.19 bits per heavy atom. The van der Waals surface area contributed by atoms with Crippen molar-refractivity contribution in [1.29, 1.82) is 0 Å². The number of methoxy groups -OCH3 is 1. The summed E-state index contributed by atoms with van der Waals surface area (Å²) < 4.78 is 10.5. The first-order valence-corrected chi connectivity index (χ1v) is 4.67. The van der Waals surface area contributed by atoms with E-state index in [2.05, 4.69) is 9.97 Å². The molecule has 0 aliphatic carbocycles. The molecule has 0 amide bonds. The lowest BCUT2D eigenvalue weighted by Crippen LogP contribution is -1.94. The van der Waals surface area contributed by atoms with Crippen molar-refractivity contribution in [3.8, 4) is 17.4 Å². The SMILES string of the molecule is COc1cccc(Oc2cncc(N)n2)c1. The largest absolute Gasteiger partial charge is 0.497 e. The smallest absolute Gasteiger partial charge is 0.239 e. The number of nitrogen functional groups attached to an aromatic ring is 1. The first-order valence-electron chi connectivity index (χ1n) is 4.67. The molecular weight excluding hydrogens is 206 g/mol. The third-order valence-electron chi connectivity index (χ3n) is 1.89. The summed E-state index contributed by atoms with van der Waals surface area (Å²) in [6.07, 6.45) is 2.95. The number of hydrogen-bond acceptors (Lipinski definition) is 5. The van der Waals surface area contributed by atoms with Crippen LogP contribution in [0.2, 0.25) is 0 Å². The van der Waals surface area contributed by atoms with Gasteiger partial charge in [-0.3, -0.25) is 4.98 Å². The second-order valence-electron chi connectivity index (χ2n) is 3.06. The maximum atomic E-state index is 5.49. The van der Waals surface area contributed by atoms with Gasteiger partial charge in [0.25, 0.3) is 0 Å². The van der Waals surface area contributed by atoms with Crippen LogP contribution < -0.4 is 15.2 Å². The number of anilines is 1. The van der Waals surface area contributed by atoms with E-state index in [-0.39, 0.29) is 0 Å². The van der Waals surface area contributed by atoms with Crippen molar-refractivity contribution in [2.24, 2.45) is 0 Å². The molecule has 2 N–H and O–H groups in total. The van der Waals surface area contributed by atoms with Gasteiger partial charge in [0.2, 0.25) is 5.88 Å². The van der Waals surface area contributed by atoms with E-state index in [1.807, 2.05) is 12.1 Å². The normalized spacial score (nSPS) is 9.81. The third-order valence-corrected chi connectivity index (χ3v) is 1.89. The highest BCUT2D eigenvalue weighted by atomic mass is 16.5. The first kappa shape index (κ1) is 10.2. The molecule has 82 valence electrons. The monoisotopic (exact) mass is 217 g/mol. The lowest BCUT2D eigenvalue weighted by molar-refractivity contribution is 0.407. The van der Waals surface area contributed by atoms with Gasteiger partial charge < -0.3 is 15.2 Å². The molecule has 16 heavy (non-hydrogen) atoms. The molecule has 5 heteroatoms. The van der Waals surface area contributed by atoms with Crippen molar-refractivity contribution in [1.82, 2.24) is 9.97 Å². The number of nitrogens with two attached hydrogens (primary N) is 1. The van der Waals surface area contributed by atoms with Crippen LogP contribution in [0.25, 0.3) is 0 Å². The predicted octanol–water partition coefficient (Wildman–Crippen LogP) is 1.86. The number of aromatic nitrogens is 2. The van der Waals surface area contributed by atoms with Crippen LogP contribution in [0, 0.1) is 0 Å². The Labute approximate surface area is 92.9 Å². The Balaban J connectivity index is 2.20. The summed E-state index contributed by atoms with van der Waals surface area (Å²) in [6.45, 7) is 0. The number of hydrogen-bond donors (Lipinski definition) is 1. The highest BCUT2D eigenvalue weighted by molar-refractivity contribution is 5.35. The molecule has 0 spiro atoms. The predicted molar refractivity (Wildman–Crippen MR) is 59.5 cm³/mol. The zero-order valence-corrected chi connectivity index (χ0v) is 8.75. The first-order chi connectivity index (χ1) is 7.78. The average Bonchev–Trinajstić information content (AvgIpc) is 2.29. The van der Waals surface area contributed by atoms with Gasteiger partial charge in [0.05, 0.1) is 19.5 Å². The molecule has 0 radical (unpaired) electrons. The summed E-state index contributed by atoms with van der Waals surface area (Å²) >= 11 is 0. The van der Waals surface area contributed by atoms with Crippen molar-refractivity contribution in [3.63, 3.8) is 0 Å².